The van der Waals surface area contributed by atoms with Gasteiger partial charge in [-0.3, -0.25) is 0 Å². The van der Waals surface area contributed by atoms with Gasteiger partial charge in [-0.2, -0.15) is 12.1 Å². The second-order valence-electron chi connectivity index (χ2n) is 5.83. The minimum Gasteiger partial charge on any atom is -0.748 e. The molecular formula is C17H25FeNS-6. The first-order valence-electron chi connectivity index (χ1n) is 6.63. The Morgan fingerprint density at radius 1 is 1.10 bits per heavy atom. The van der Waals surface area contributed by atoms with Crippen LogP contribution in [0.1, 0.15) is 26.3 Å². The van der Waals surface area contributed by atoms with Crippen LogP contribution >= 0.6 is 11.8 Å². The van der Waals surface area contributed by atoms with Gasteiger partial charge in [0.2, 0.25) is 0 Å². The fourth-order valence-electron chi connectivity index (χ4n) is 1.66. The topological polar surface area (TPSA) is 3.24 Å². The molecule has 0 atom stereocenters. The minimum atomic E-state index is 0. The quantitative estimate of drug-likeness (QED) is 0.453. The zero-order chi connectivity index (χ0) is 14.3. The summed E-state index contributed by atoms with van der Waals surface area (Å²) in [6.45, 7) is 7.80. The number of nitrogens with zero attached hydrogens (tertiary/aromatic N) is 1. The molecule has 0 saturated heterocycles. The van der Waals surface area contributed by atoms with E-state index in [0.29, 0.717) is 4.75 Å². The van der Waals surface area contributed by atoms with Crippen molar-refractivity contribution in [2.75, 3.05) is 14.1 Å². The Balaban J connectivity index is 0.000000507. The van der Waals surface area contributed by atoms with E-state index in [1.807, 2.05) is 42.1 Å². The van der Waals surface area contributed by atoms with Crippen LogP contribution in [0.3, 0.4) is 0 Å². The van der Waals surface area contributed by atoms with Crippen molar-refractivity contribution in [3.05, 3.63) is 54.1 Å². The molecule has 0 amide bonds. The molecule has 0 fully saturated rings. The van der Waals surface area contributed by atoms with Crippen LogP contribution in [0.4, 0.5) is 0 Å². The third kappa shape index (κ3) is 8.65. The van der Waals surface area contributed by atoms with Gasteiger partial charge in [-0.1, -0.05) is 20.8 Å². The molecule has 0 heterocycles. The predicted octanol–water partition coefficient (Wildman–Crippen LogP) is 4.76. The van der Waals surface area contributed by atoms with Crippen LogP contribution in [-0.2, 0) is 23.6 Å². The average Bonchev–Trinajstić information content (AvgIpc) is 2.90. The first-order valence-corrected chi connectivity index (χ1v) is 7.45. The van der Waals surface area contributed by atoms with Crippen LogP contribution in [-0.4, -0.2) is 23.7 Å². The van der Waals surface area contributed by atoms with Gasteiger partial charge in [-0.15, -0.1) is 22.2 Å². The standard InChI is InChI=1S/C12H20NS.C5H5.Fe/c1-12(2,3)14-11-8-6-7-10(11)9-13(4)5;1-2-4-5-3-1;/h6-8H,9H2,1-5H3;1-5H;/q-1;-5;. The summed E-state index contributed by atoms with van der Waals surface area (Å²) in [6.07, 6.45) is 0. The minimum absolute atomic E-state index is 0. The van der Waals surface area contributed by atoms with E-state index in [2.05, 4.69) is 58.0 Å². The Morgan fingerprint density at radius 2 is 1.60 bits per heavy atom. The summed E-state index contributed by atoms with van der Waals surface area (Å²) in [6, 6.07) is 16.6. The maximum absolute atomic E-state index is 2.25. The molecule has 0 N–H and O–H groups in total. The summed E-state index contributed by atoms with van der Waals surface area (Å²) < 4.78 is 0.301. The Hall–Kier alpha value is -0.471. The third-order valence-electron chi connectivity index (χ3n) is 2.32. The number of rotatable bonds is 3. The van der Waals surface area contributed by atoms with Crippen molar-refractivity contribution in [3.63, 3.8) is 0 Å². The van der Waals surface area contributed by atoms with Crippen LogP contribution in [0.2, 0.25) is 0 Å². The van der Waals surface area contributed by atoms with Crippen molar-refractivity contribution in [1.82, 2.24) is 4.90 Å². The summed E-state index contributed by atoms with van der Waals surface area (Å²) in [4.78, 5) is 3.63. The van der Waals surface area contributed by atoms with E-state index < -0.39 is 0 Å². The summed E-state index contributed by atoms with van der Waals surface area (Å²) in [5, 5.41) is 0. The molecule has 0 bridgehead atoms. The van der Waals surface area contributed by atoms with E-state index in [1.54, 1.807) is 0 Å². The zero-order valence-corrected chi connectivity index (χ0v) is 15.0. The van der Waals surface area contributed by atoms with Crippen molar-refractivity contribution in [3.8, 4) is 0 Å². The van der Waals surface area contributed by atoms with E-state index in [-0.39, 0.29) is 17.1 Å². The summed E-state index contributed by atoms with van der Waals surface area (Å²) in [5.41, 5.74) is 1.44. The number of hydrogen-bond donors (Lipinski definition) is 0. The van der Waals surface area contributed by atoms with Crippen LogP contribution in [0, 0.1) is 0 Å². The smallest absolute Gasteiger partial charge is 0.0101 e. The molecule has 0 unspecified atom stereocenters. The Bertz CT molecular complexity index is 421. The number of thioether (sulfide) groups is 1. The van der Waals surface area contributed by atoms with Gasteiger partial charge < -0.3 is 35.2 Å². The molecule has 2 aromatic rings. The van der Waals surface area contributed by atoms with Crippen molar-refractivity contribution in [2.45, 2.75) is 37.0 Å². The van der Waals surface area contributed by atoms with E-state index in [9.17, 15) is 0 Å². The summed E-state index contributed by atoms with van der Waals surface area (Å²) in [5.74, 6) is 0. The summed E-state index contributed by atoms with van der Waals surface area (Å²) in [7, 11) is 4.22. The van der Waals surface area contributed by atoms with Gasteiger partial charge in [0, 0.05) is 21.8 Å². The Labute approximate surface area is 139 Å². The molecule has 3 heteroatoms. The number of hydrogen-bond acceptors (Lipinski definition) is 2. The van der Waals surface area contributed by atoms with Gasteiger partial charge in [0.1, 0.15) is 0 Å². The molecule has 0 saturated carbocycles. The van der Waals surface area contributed by atoms with Gasteiger partial charge in [-0.05, 0) is 20.6 Å². The maximum Gasteiger partial charge on any atom is 0.0101 e. The van der Waals surface area contributed by atoms with Crippen molar-refractivity contribution >= 4 is 11.8 Å². The first kappa shape index (κ1) is 19.5. The molecule has 2 aromatic carbocycles. The molecule has 2 rings (SSSR count). The van der Waals surface area contributed by atoms with Crippen molar-refractivity contribution in [1.29, 1.82) is 0 Å². The molecule has 20 heavy (non-hydrogen) atoms. The second kappa shape index (κ2) is 9.46. The predicted molar refractivity (Wildman–Crippen MR) is 87.1 cm³/mol. The first-order chi connectivity index (χ1) is 8.88. The third-order valence-corrected chi connectivity index (χ3v) is 3.55. The molecule has 0 aromatic heterocycles. The molecule has 0 aliphatic carbocycles. The molecule has 0 radical (unpaired) electrons. The van der Waals surface area contributed by atoms with Gasteiger partial charge in [0.15, 0.2) is 0 Å². The van der Waals surface area contributed by atoms with E-state index in [4.69, 9.17) is 0 Å². The normalized spacial score (nSPS) is 10.7. The van der Waals surface area contributed by atoms with Gasteiger partial charge in [-0.25, -0.2) is 6.07 Å². The largest absolute Gasteiger partial charge is 0.748 e. The van der Waals surface area contributed by atoms with Crippen LogP contribution in [0.5, 0.6) is 0 Å². The monoisotopic (exact) mass is 331 g/mol. The van der Waals surface area contributed by atoms with Crippen LogP contribution in [0.15, 0.2) is 53.4 Å². The Kier molecular flexibility index (Phi) is 9.24. The molecular weight excluding hydrogens is 306 g/mol. The molecule has 0 aliphatic rings. The Morgan fingerprint density at radius 3 is 2.00 bits per heavy atom. The molecule has 1 nitrogen and oxygen atoms in total. The fraction of sp³-hybridized carbons (Fsp3) is 0.412. The molecule has 0 aliphatic heterocycles. The molecule has 0 spiro atoms. The molecule has 118 valence electrons. The van der Waals surface area contributed by atoms with Crippen LogP contribution in [0.25, 0.3) is 0 Å². The second-order valence-corrected chi connectivity index (χ2v) is 7.70. The van der Waals surface area contributed by atoms with E-state index >= 15 is 0 Å². The SMILES string of the molecule is CN(C)C[c-]1cccc1SC(C)(C)C.[Fe].[cH-]1[cH-][cH-][cH-][cH-]1. The fourth-order valence-corrected chi connectivity index (χ4v) is 2.73. The van der Waals surface area contributed by atoms with E-state index in [1.165, 1.54) is 10.5 Å². The van der Waals surface area contributed by atoms with Gasteiger partial charge >= 0.3 is 0 Å². The van der Waals surface area contributed by atoms with Crippen LogP contribution < -0.4 is 0 Å². The average molecular weight is 331 g/mol. The van der Waals surface area contributed by atoms with Gasteiger partial charge in [0.05, 0.1) is 0 Å². The van der Waals surface area contributed by atoms with E-state index in [0.717, 1.165) is 6.54 Å². The zero-order valence-electron chi connectivity index (χ0n) is 13.0. The van der Waals surface area contributed by atoms with Gasteiger partial charge in [0.25, 0.3) is 0 Å². The van der Waals surface area contributed by atoms with Crippen molar-refractivity contribution in [2.24, 2.45) is 0 Å². The van der Waals surface area contributed by atoms with Crippen molar-refractivity contribution < 1.29 is 17.1 Å². The maximum atomic E-state index is 2.25. The summed E-state index contributed by atoms with van der Waals surface area (Å²) >= 11 is 1.95.